The molecule has 3 aromatic heterocycles. The highest BCUT2D eigenvalue weighted by Crippen LogP contribution is 2.33. The molecule has 0 aliphatic carbocycles. The minimum atomic E-state index is 0.366. The number of aromatic nitrogens is 8. The highest BCUT2D eigenvalue weighted by atomic mass is 15.5. The van der Waals surface area contributed by atoms with Crippen molar-refractivity contribution in [2.24, 2.45) is 0 Å². The molecule has 0 aliphatic rings. The van der Waals surface area contributed by atoms with Crippen molar-refractivity contribution in [2.75, 3.05) is 0 Å². The van der Waals surface area contributed by atoms with E-state index in [9.17, 15) is 0 Å². The monoisotopic (exact) mass is 480 g/mol. The van der Waals surface area contributed by atoms with Crippen molar-refractivity contribution in [3.63, 3.8) is 0 Å². The Balaban J connectivity index is 1.45. The summed E-state index contributed by atoms with van der Waals surface area (Å²) < 4.78 is 4.19. The molecule has 3 heterocycles. The van der Waals surface area contributed by atoms with Gasteiger partial charge in [0.2, 0.25) is 5.82 Å². The lowest BCUT2D eigenvalue weighted by Gasteiger charge is -2.11. The fourth-order valence-corrected chi connectivity index (χ4v) is 4.35. The highest BCUT2D eigenvalue weighted by molar-refractivity contribution is 5.80. The first-order chi connectivity index (χ1) is 17.7. The Morgan fingerprint density at radius 3 is 2.47 bits per heavy atom. The number of benzene rings is 2. The molecule has 5 rings (SSSR count). The van der Waals surface area contributed by atoms with Crippen LogP contribution in [0.1, 0.15) is 63.2 Å². The second kappa shape index (κ2) is 10.7. The lowest BCUT2D eigenvalue weighted by Crippen LogP contribution is -2.08. The van der Waals surface area contributed by atoms with E-state index in [2.05, 4.69) is 99.3 Å². The minimum Gasteiger partial charge on any atom is -0.313 e. The molecule has 0 spiro atoms. The number of H-pyrrole nitrogens is 1. The van der Waals surface area contributed by atoms with E-state index in [4.69, 9.17) is 10.1 Å². The van der Waals surface area contributed by atoms with Crippen LogP contribution in [-0.4, -0.2) is 40.0 Å². The Hall–Kier alpha value is -4.07. The first-order valence-electron chi connectivity index (χ1n) is 12.7. The number of rotatable bonds is 10. The lowest BCUT2D eigenvalue weighted by atomic mass is 10.1. The van der Waals surface area contributed by atoms with Crippen LogP contribution in [-0.2, 0) is 13.0 Å². The third-order valence-electron chi connectivity index (χ3n) is 6.65. The average Bonchev–Trinajstić information content (AvgIpc) is 3.68. The van der Waals surface area contributed by atoms with E-state index in [-0.39, 0.29) is 0 Å². The Kier molecular flexibility index (Phi) is 7.02. The van der Waals surface area contributed by atoms with Gasteiger partial charge in [-0.05, 0) is 47.4 Å². The van der Waals surface area contributed by atoms with Crippen LogP contribution in [0, 0.1) is 0 Å². The Morgan fingerprint density at radius 2 is 1.78 bits per heavy atom. The van der Waals surface area contributed by atoms with Gasteiger partial charge in [0.1, 0.15) is 11.5 Å². The van der Waals surface area contributed by atoms with Crippen molar-refractivity contribution < 1.29 is 0 Å². The van der Waals surface area contributed by atoms with Gasteiger partial charge in [0, 0.05) is 29.8 Å². The van der Waals surface area contributed by atoms with Gasteiger partial charge in [0.05, 0.1) is 6.54 Å². The van der Waals surface area contributed by atoms with E-state index in [1.54, 1.807) is 0 Å². The van der Waals surface area contributed by atoms with E-state index in [0.717, 1.165) is 59.8 Å². The van der Waals surface area contributed by atoms with Crippen LogP contribution in [0.4, 0.5) is 0 Å². The zero-order valence-corrected chi connectivity index (χ0v) is 21.1. The zero-order chi connectivity index (χ0) is 24.9. The van der Waals surface area contributed by atoms with Crippen molar-refractivity contribution in [1.82, 2.24) is 40.0 Å². The van der Waals surface area contributed by atoms with Crippen LogP contribution in [0.25, 0.3) is 28.3 Å². The van der Waals surface area contributed by atoms with Crippen LogP contribution >= 0.6 is 0 Å². The highest BCUT2D eigenvalue weighted by Gasteiger charge is 2.18. The largest absolute Gasteiger partial charge is 0.313 e. The summed E-state index contributed by atoms with van der Waals surface area (Å²) in [6.07, 6.45) is 6.31. The Morgan fingerprint density at radius 1 is 0.972 bits per heavy atom. The molecule has 0 aliphatic heterocycles. The van der Waals surface area contributed by atoms with Crippen LogP contribution < -0.4 is 0 Å². The lowest BCUT2D eigenvalue weighted by molar-refractivity contribution is 0.602. The van der Waals surface area contributed by atoms with Gasteiger partial charge in [-0.25, -0.2) is 9.67 Å². The Labute approximate surface area is 211 Å². The third kappa shape index (κ3) is 4.84. The van der Waals surface area contributed by atoms with Crippen molar-refractivity contribution >= 4 is 0 Å². The van der Waals surface area contributed by atoms with Gasteiger partial charge in [0.15, 0.2) is 5.82 Å². The molecule has 0 radical (unpaired) electrons. The first kappa shape index (κ1) is 23.7. The molecule has 184 valence electrons. The van der Waals surface area contributed by atoms with Crippen molar-refractivity contribution in [3.8, 4) is 28.3 Å². The summed E-state index contributed by atoms with van der Waals surface area (Å²) >= 11 is 0. The summed E-state index contributed by atoms with van der Waals surface area (Å²) in [4.78, 5) is 4.88. The van der Waals surface area contributed by atoms with Crippen molar-refractivity contribution in [1.29, 1.82) is 0 Å². The van der Waals surface area contributed by atoms with E-state index in [0.29, 0.717) is 18.3 Å². The van der Waals surface area contributed by atoms with Gasteiger partial charge in [0.25, 0.3) is 0 Å². The van der Waals surface area contributed by atoms with Crippen LogP contribution in [0.5, 0.6) is 0 Å². The SMILES string of the molecule is CCCCc1nc(C(C)CC)nn1Cc1ccc(-n2ccc(-c3ccccc3)c2-c2nn[nH]n2)cc1. The number of hydrogen-bond acceptors (Lipinski definition) is 5. The predicted octanol–water partition coefficient (Wildman–Crippen LogP) is 5.82. The molecule has 0 saturated carbocycles. The van der Waals surface area contributed by atoms with Crippen LogP contribution in [0.15, 0.2) is 66.9 Å². The standard InChI is InChI=1S/C28H32N8/c1-4-6-12-25-29-27(20(3)5-2)32-36(25)19-21-13-15-23(16-14-21)35-18-17-24(22-10-8-7-9-11-22)26(35)28-30-33-34-31-28/h7-11,13-18,20H,4-6,12,19H2,1-3H3,(H,30,31,33,34). The fourth-order valence-electron chi connectivity index (χ4n) is 4.35. The summed E-state index contributed by atoms with van der Waals surface area (Å²) in [5.74, 6) is 2.95. The van der Waals surface area contributed by atoms with Gasteiger partial charge < -0.3 is 4.57 Å². The second-order valence-corrected chi connectivity index (χ2v) is 9.17. The molecule has 0 amide bonds. The molecule has 0 fully saturated rings. The van der Waals surface area contributed by atoms with E-state index >= 15 is 0 Å². The molecule has 5 aromatic rings. The number of aryl methyl sites for hydroxylation is 1. The molecule has 2 aromatic carbocycles. The molecule has 36 heavy (non-hydrogen) atoms. The number of aromatic amines is 1. The average molecular weight is 481 g/mol. The first-order valence-corrected chi connectivity index (χ1v) is 12.7. The van der Waals surface area contributed by atoms with Gasteiger partial charge in [-0.2, -0.15) is 10.3 Å². The van der Waals surface area contributed by atoms with E-state index in [1.165, 1.54) is 5.56 Å². The maximum absolute atomic E-state index is 4.88. The summed E-state index contributed by atoms with van der Waals surface area (Å²) in [5.41, 5.74) is 5.29. The molecular formula is C28H32N8. The number of unbranched alkanes of at least 4 members (excludes halogenated alkanes) is 1. The molecule has 1 unspecified atom stereocenters. The van der Waals surface area contributed by atoms with Gasteiger partial charge in [-0.1, -0.05) is 69.7 Å². The number of nitrogens with zero attached hydrogens (tertiary/aromatic N) is 7. The zero-order valence-electron chi connectivity index (χ0n) is 21.1. The van der Waals surface area contributed by atoms with Crippen molar-refractivity contribution in [2.45, 2.75) is 58.9 Å². The number of tetrazole rings is 1. The maximum Gasteiger partial charge on any atom is 0.221 e. The molecule has 8 nitrogen and oxygen atoms in total. The summed E-state index contributed by atoms with van der Waals surface area (Å²) in [5, 5.41) is 19.8. The van der Waals surface area contributed by atoms with Crippen molar-refractivity contribution in [3.05, 3.63) is 84.1 Å². The maximum atomic E-state index is 4.88. The second-order valence-electron chi connectivity index (χ2n) is 9.17. The predicted molar refractivity (Wildman–Crippen MR) is 141 cm³/mol. The molecule has 0 saturated heterocycles. The summed E-state index contributed by atoms with van der Waals surface area (Å²) in [6.45, 7) is 7.30. The van der Waals surface area contributed by atoms with Gasteiger partial charge in [-0.3, -0.25) is 0 Å². The smallest absolute Gasteiger partial charge is 0.221 e. The topological polar surface area (TPSA) is 90.1 Å². The van der Waals surface area contributed by atoms with Gasteiger partial charge >= 0.3 is 0 Å². The number of hydrogen-bond donors (Lipinski definition) is 1. The van der Waals surface area contributed by atoms with E-state index < -0.39 is 0 Å². The summed E-state index contributed by atoms with van der Waals surface area (Å²) in [6, 6.07) is 20.9. The third-order valence-corrected chi connectivity index (χ3v) is 6.65. The van der Waals surface area contributed by atoms with Gasteiger partial charge in [-0.15, -0.1) is 10.2 Å². The van der Waals surface area contributed by atoms with E-state index in [1.807, 2.05) is 18.2 Å². The molecular weight excluding hydrogens is 448 g/mol. The quantitative estimate of drug-likeness (QED) is 0.272. The van der Waals surface area contributed by atoms with Crippen LogP contribution in [0.3, 0.4) is 0 Å². The Bertz CT molecular complexity index is 1380. The molecule has 8 heteroatoms. The molecule has 1 N–H and O–H groups in total. The summed E-state index contributed by atoms with van der Waals surface area (Å²) in [7, 11) is 0. The fraction of sp³-hybridized carbons (Fsp3) is 0.321. The molecule has 0 bridgehead atoms. The molecule has 1 atom stereocenters. The minimum absolute atomic E-state index is 0.366. The number of nitrogens with one attached hydrogen (secondary N) is 1. The van der Waals surface area contributed by atoms with Crippen LogP contribution in [0.2, 0.25) is 0 Å². The normalized spacial score (nSPS) is 12.2.